The maximum atomic E-state index is 10.7. The molecule has 0 bridgehead atoms. The summed E-state index contributed by atoms with van der Waals surface area (Å²) in [7, 11) is 0. The lowest BCUT2D eigenvalue weighted by Gasteiger charge is -2.58. The van der Waals surface area contributed by atoms with Gasteiger partial charge >= 0.3 is 0 Å². The van der Waals surface area contributed by atoms with Gasteiger partial charge in [0.1, 0.15) is 0 Å². The minimum atomic E-state index is -0.470. The molecule has 0 radical (unpaired) electrons. The third-order valence-electron chi connectivity index (χ3n) is 10.7. The van der Waals surface area contributed by atoms with Crippen LogP contribution in [-0.2, 0) is 0 Å². The minimum Gasteiger partial charge on any atom is -0.393 e. The number of fused-ring (bicyclic) bond motifs is 5. The smallest absolute Gasteiger partial charge is 0.0991 e. The van der Waals surface area contributed by atoms with Gasteiger partial charge in [0, 0.05) is 0 Å². The van der Waals surface area contributed by atoms with Crippen molar-refractivity contribution < 1.29 is 10.2 Å². The van der Waals surface area contributed by atoms with Crippen LogP contribution in [0.3, 0.4) is 0 Å². The molecule has 2 N–H and O–H groups in total. The Hall–Kier alpha value is -1.63. The maximum absolute atomic E-state index is 10.7. The summed E-state index contributed by atoms with van der Waals surface area (Å²) in [5.41, 5.74) is 3.84. The summed E-state index contributed by atoms with van der Waals surface area (Å²) in [6, 6.07) is 9.61. The summed E-state index contributed by atoms with van der Waals surface area (Å²) in [6.45, 7) is 5.10. The van der Waals surface area contributed by atoms with Crippen molar-refractivity contribution >= 4 is 0 Å². The highest BCUT2D eigenvalue weighted by atomic mass is 16.3. The predicted molar refractivity (Wildman–Crippen MR) is 131 cm³/mol. The Bertz CT molecular complexity index is 947. The average molecular weight is 448 g/mol. The van der Waals surface area contributed by atoms with E-state index in [-0.39, 0.29) is 6.10 Å². The van der Waals surface area contributed by atoms with Gasteiger partial charge in [0.25, 0.3) is 0 Å². The number of aliphatic hydroxyl groups is 2. The SMILES string of the molecule is CC12CCC(O)CC1=CCC1C2CCC2(C)C(CCCC(O)c3cccc(C#N)c3)CC[C@@H]12. The van der Waals surface area contributed by atoms with E-state index in [4.69, 9.17) is 5.26 Å². The Morgan fingerprint density at radius 3 is 2.79 bits per heavy atom. The molecule has 3 saturated carbocycles. The highest BCUT2D eigenvalue weighted by molar-refractivity contribution is 5.33. The van der Waals surface area contributed by atoms with Crippen LogP contribution in [0.1, 0.15) is 102 Å². The van der Waals surface area contributed by atoms with Gasteiger partial charge in [-0.2, -0.15) is 5.26 Å². The van der Waals surface area contributed by atoms with E-state index in [2.05, 4.69) is 26.0 Å². The number of aliphatic hydroxyl groups excluding tert-OH is 2. The molecule has 0 saturated heterocycles. The summed E-state index contributed by atoms with van der Waals surface area (Å²) in [5, 5.41) is 30.1. The van der Waals surface area contributed by atoms with E-state index < -0.39 is 6.10 Å². The Kier molecular flexibility index (Phi) is 6.21. The van der Waals surface area contributed by atoms with E-state index in [9.17, 15) is 10.2 Å². The molecular formula is C30H41NO2. The van der Waals surface area contributed by atoms with Crippen molar-refractivity contribution in [2.45, 2.75) is 96.7 Å². The summed E-state index contributed by atoms with van der Waals surface area (Å²) >= 11 is 0. The van der Waals surface area contributed by atoms with E-state index in [1.165, 1.54) is 44.9 Å². The first kappa shape index (κ1) is 23.1. The topological polar surface area (TPSA) is 64.2 Å². The van der Waals surface area contributed by atoms with Crippen molar-refractivity contribution in [3.8, 4) is 6.07 Å². The third kappa shape index (κ3) is 3.98. The Labute approximate surface area is 199 Å². The molecule has 0 aromatic heterocycles. The summed E-state index contributed by atoms with van der Waals surface area (Å²) in [4.78, 5) is 0. The standard InChI is InChI=1S/C30H41NO2/c1-29-16-14-27-25(11-9-23-18-24(32)13-15-30(23,27)2)26(29)12-10-22(29)7-4-8-28(33)21-6-3-5-20(17-21)19-31/h3,5-6,9,17,22,24-28,32-33H,4,7-8,10-16,18H2,1-2H3/t22?,24?,25?,26-,27?,28?,29?,30?/m0/s1. The number of nitrogens with zero attached hydrogens (tertiary/aromatic N) is 1. The zero-order valence-corrected chi connectivity index (χ0v) is 20.5. The number of hydrogen-bond donors (Lipinski definition) is 2. The lowest BCUT2D eigenvalue weighted by molar-refractivity contribution is -0.0511. The minimum absolute atomic E-state index is 0.122. The second-order valence-corrected chi connectivity index (χ2v) is 12.2. The molecule has 33 heavy (non-hydrogen) atoms. The van der Waals surface area contributed by atoms with Gasteiger partial charge in [-0.3, -0.25) is 0 Å². The van der Waals surface area contributed by atoms with Crippen molar-refractivity contribution in [2.75, 3.05) is 0 Å². The normalized spacial score (nSPS) is 40.7. The molecule has 3 fully saturated rings. The second-order valence-electron chi connectivity index (χ2n) is 12.2. The Morgan fingerprint density at radius 1 is 1.12 bits per heavy atom. The molecule has 4 aliphatic carbocycles. The number of nitriles is 1. The predicted octanol–water partition coefficient (Wildman–Crippen LogP) is 6.70. The van der Waals surface area contributed by atoms with Crippen LogP contribution in [0.25, 0.3) is 0 Å². The van der Waals surface area contributed by atoms with Gasteiger partial charge < -0.3 is 10.2 Å². The molecule has 3 nitrogen and oxygen atoms in total. The van der Waals surface area contributed by atoms with Crippen LogP contribution >= 0.6 is 0 Å². The van der Waals surface area contributed by atoms with Crippen LogP contribution < -0.4 is 0 Å². The van der Waals surface area contributed by atoms with Gasteiger partial charge in [-0.05, 0) is 116 Å². The van der Waals surface area contributed by atoms with Gasteiger partial charge in [-0.25, -0.2) is 0 Å². The molecule has 4 aliphatic rings. The molecule has 0 spiro atoms. The fourth-order valence-electron chi connectivity index (χ4n) is 8.76. The first-order valence-electron chi connectivity index (χ1n) is 13.4. The highest BCUT2D eigenvalue weighted by Crippen LogP contribution is 2.66. The van der Waals surface area contributed by atoms with Crippen LogP contribution in [0.2, 0.25) is 0 Å². The molecule has 0 amide bonds. The van der Waals surface area contributed by atoms with E-state index in [0.29, 0.717) is 16.4 Å². The summed E-state index contributed by atoms with van der Waals surface area (Å²) in [5.74, 6) is 3.22. The fourth-order valence-corrected chi connectivity index (χ4v) is 8.76. The number of allylic oxidation sites excluding steroid dienone is 1. The first-order chi connectivity index (χ1) is 15.8. The van der Waals surface area contributed by atoms with E-state index >= 15 is 0 Å². The largest absolute Gasteiger partial charge is 0.393 e. The zero-order valence-electron chi connectivity index (χ0n) is 20.5. The zero-order chi connectivity index (χ0) is 23.2. The van der Waals surface area contributed by atoms with Crippen molar-refractivity contribution in [1.82, 2.24) is 0 Å². The van der Waals surface area contributed by atoms with Crippen molar-refractivity contribution in [3.63, 3.8) is 0 Å². The molecule has 1 aromatic rings. The molecule has 7 unspecified atom stereocenters. The van der Waals surface area contributed by atoms with Gasteiger partial charge in [-0.1, -0.05) is 44.1 Å². The molecule has 0 heterocycles. The molecule has 3 heteroatoms. The first-order valence-corrected chi connectivity index (χ1v) is 13.4. The average Bonchev–Trinajstić information content (AvgIpc) is 3.16. The second kappa shape index (κ2) is 8.86. The molecule has 178 valence electrons. The Balaban J connectivity index is 1.23. The lowest BCUT2D eigenvalue weighted by Crippen LogP contribution is -2.50. The fraction of sp³-hybridized carbons (Fsp3) is 0.700. The lowest BCUT2D eigenvalue weighted by atomic mass is 9.47. The molecular weight excluding hydrogens is 406 g/mol. The quantitative estimate of drug-likeness (QED) is 0.494. The van der Waals surface area contributed by atoms with E-state index in [1.807, 2.05) is 18.2 Å². The summed E-state index contributed by atoms with van der Waals surface area (Å²) in [6.07, 6.45) is 14.7. The highest BCUT2D eigenvalue weighted by Gasteiger charge is 2.58. The Morgan fingerprint density at radius 2 is 1.97 bits per heavy atom. The van der Waals surface area contributed by atoms with Crippen molar-refractivity contribution in [3.05, 3.63) is 47.0 Å². The number of benzene rings is 1. The van der Waals surface area contributed by atoms with Crippen LogP contribution in [0, 0.1) is 45.8 Å². The number of hydrogen-bond acceptors (Lipinski definition) is 3. The molecule has 8 atom stereocenters. The number of rotatable bonds is 5. The van der Waals surface area contributed by atoms with Gasteiger partial charge in [0.15, 0.2) is 0 Å². The van der Waals surface area contributed by atoms with Gasteiger partial charge in [0.05, 0.1) is 23.8 Å². The summed E-state index contributed by atoms with van der Waals surface area (Å²) < 4.78 is 0. The third-order valence-corrected chi connectivity index (χ3v) is 10.7. The molecule has 1 aromatic carbocycles. The molecule has 5 rings (SSSR count). The van der Waals surface area contributed by atoms with Gasteiger partial charge in [0.2, 0.25) is 0 Å². The van der Waals surface area contributed by atoms with Crippen molar-refractivity contribution in [2.24, 2.45) is 34.5 Å². The van der Waals surface area contributed by atoms with Crippen molar-refractivity contribution in [1.29, 1.82) is 5.26 Å². The van der Waals surface area contributed by atoms with E-state index in [1.54, 1.807) is 11.6 Å². The monoisotopic (exact) mass is 447 g/mol. The maximum Gasteiger partial charge on any atom is 0.0991 e. The van der Waals surface area contributed by atoms with Crippen LogP contribution in [0.4, 0.5) is 0 Å². The van der Waals surface area contributed by atoms with Gasteiger partial charge in [-0.15, -0.1) is 0 Å². The van der Waals surface area contributed by atoms with E-state index in [0.717, 1.165) is 54.9 Å². The van der Waals surface area contributed by atoms with Crippen LogP contribution in [0.5, 0.6) is 0 Å². The molecule has 0 aliphatic heterocycles. The van der Waals surface area contributed by atoms with Crippen LogP contribution in [0.15, 0.2) is 35.9 Å². The van der Waals surface area contributed by atoms with Crippen LogP contribution in [-0.4, -0.2) is 16.3 Å².